The van der Waals surface area contributed by atoms with Crippen LogP contribution in [0.3, 0.4) is 0 Å². The van der Waals surface area contributed by atoms with E-state index in [-0.39, 0.29) is 0 Å². The molecule has 0 saturated heterocycles. The summed E-state index contributed by atoms with van der Waals surface area (Å²) in [6.07, 6.45) is -1.56. The van der Waals surface area contributed by atoms with Crippen LogP contribution in [0.5, 0.6) is 11.5 Å². The first-order chi connectivity index (χ1) is 7.17. The van der Waals surface area contributed by atoms with Crippen molar-refractivity contribution in [1.82, 2.24) is 0 Å². The van der Waals surface area contributed by atoms with Crippen LogP contribution in [0.4, 0.5) is 0 Å². The lowest BCUT2D eigenvalue weighted by atomic mass is 10.3. The third-order valence-electron chi connectivity index (χ3n) is 1.70. The first-order valence-electron chi connectivity index (χ1n) is 4.24. The van der Waals surface area contributed by atoms with Crippen LogP contribution >= 0.6 is 0 Å². The highest BCUT2D eigenvalue weighted by molar-refractivity contribution is 5.75. The van der Waals surface area contributed by atoms with E-state index in [0.717, 1.165) is 0 Å². The first kappa shape index (κ1) is 11.5. The minimum absolute atomic E-state index is 0.317. The molecule has 1 N–H and O–H groups in total. The molecule has 0 heterocycles. The van der Waals surface area contributed by atoms with Gasteiger partial charge in [-0.05, 0) is 24.3 Å². The fourth-order valence-electron chi connectivity index (χ4n) is 0.907. The van der Waals surface area contributed by atoms with E-state index in [1.807, 2.05) is 0 Å². The zero-order valence-electron chi connectivity index (χ0n) is 8.47. The summed E-state index contributed by atoms with van der Waals surface area (Å²) < 4.78 is 14.1. The van der Waals surface area contributed by atoms with Crippen LogP contribution in [0, 0.1) is 0 Å². The number of hydrogen-bond acceptors (Lipinski definition) is 5. The largest absolute Gasteiger partial charge is 0.497 e. The monoisotopic (exact) mass is 212 g/mol. The van der Waals surface area contributed by atoms with Crippen LogP contribution in [0.15, 0.2) is 24.3 Å². The van der Waals surface area contributed by atoms with Gasteiger partial charge in [0.1, 0.15) is 11.5 Å². The van der Waals surface area contributed by atoms with Crippen molar-refractivity contribution < 1.29 is 24.1 Å². The van der Waals surface area contributed by atoms with E-state index in [0.29, 0.717) is 11.5 Å². The SMILES string of the molecule is COc1ccc(OC(=O)C(O)OC)cc1. The van der Waals surface area contributed by atoms with E-state index in [2.05, 4.69) is 4.74 Å². The molecule has 1 unspecified atom stereocenters. The Morgan fingerprint density at radius 3 is 2.20 bits per heavy atom. The van der Waals surface area contributed by atoms with E-state index >= 15 is 0 Å². The van der Waals surface area contributed by atoms with Gasteiger partial charge in [-0.3, -0.25) is 0 Å². The van der Waals surface area contributed by atoms with Crippen LogP contribution in [0.2, 0.25) is 0 Å². The molecule has 0 spiro atoms. The van der Waals surface area contributed by atoms with Crippen molar-refractivity contribution in [1.29, 1.82) is 0 Å². The van der Waals surface area contributed by atoms with E-state index in [4.69, 9.17) is 14.6 Å². The second-order valence-corrected chi connectivity index (χ2v) is 2.68. The van der Waals surface area contributed by atoms with Crippen molar-refractivity contribution >= 4 is 5.97 Å². The number of rotatable bonds is 4. The summed E-state index contributed by atoms with van der Waals surface area (Å²) in [5.41, 5.74) is 0. The molecule has 0 aliphatic carbocycles. The van der Waals surface area contributed by atoms with Crippen LogP contribution in [-0.2, 0) is 9.53 Å². The molecule has 0 amide bonds. The summed E-state index contributed by atoms with van der Waals surface area (Å²) in [6, 6.07) is 6.39. The van der Waals surface area contributed by atoms with Crippen molar-refractivity contribution in [2.24, 2.45) is 0 Å². The Hall–Kier alpha value is -1.59. The van der Waals surface area contributed by atoms with Crippen LogP contribution < -0.4 is 9.47 Å². The average Bonchev–Trinajstić information content (AvgIpc) is 2.29. The lowest BCUT2D eigenvalue weighted by Gasteiger charge is -2.08. The minimum atomic E-state index is -1.56. The lowest BCUT2D eigenvalue weighted by molar-refractivity contribution is -0.168. The minimum Gasteiger partial charge on any atom is -0.497 e. The number of aliphatic hydroxyl groups is 1. The van der Waals surface area contributed by atoms with Gasteiger partial charge in [-0.1, -0.05) is 0 Å². The second kappa shape index (κ2) is 5.33. The number of ether oxygens (including phenoxy) is 3. The van der Waals surface area contributed by atoms with Crippen molar-refractivity contribution in [3.8, 4) is 11.5 Å². The van der Waals surface area contributed by atoms with Crippen LogP contribution in [-0.4, -0.2) is 31.6 Å². The molecular formula is C10H12O5. The number of aliphatic hydroxyl groups excluding tert-OH is 1. The maximum absolute atomic E-state index is 11.1. The molecule has 5 heteroatoms. The van der Waals surface area contributed by atoms with Crippen molar-refractivity contribution in [3.05, 3.63) is 24.3 Å². The highest BCUT2D eigenvalue weighted by Crippen LogP contribution is 2.17. The number of esters is 1. The number of carbonyl (C=O) groups excluding carboxylic acids is 1. The number of methoxy groups -OCH3 is 2. The van der Waals surface area contributed by atoms with Gasteiger partial charge in [0.15, 0.2) is 0 Å². The van der Waals surface area contributed by atoms with Gasteiger partial charge >= 0.3 is 5.97 Å². The molecule has 0 radical (unpaired) electrons. The lowest BCUT2D eigenvalue weighted by Crippen LogP contribution is -2.27. The molecule has 1 aromatic rings. The maximum Gasteiger partial charge on any atom is 0.368 e. The molecule has 82 valence electrons. The van der Waals surface area contributed by atoms with Crippen LogP contribution in [0.25, 0.3) is 0 Å². The van der Waals surface area contributed by atoms with Crippen LogP contribution in [0.1, 0.15) is 0 Å². The predicted octanol–water partition coefficient (Wildman–Crippen LogP) is 0.565. The molecule has 0 aliphatic rings. The van der Waals surface area contributed by atoms with Crippen molar-refractivity contribution in [3.63, 3.8) is 0 Å². The van der Waals surface area contributed by atoms with Gasteiger partial charge in [0.05, 0.1) is 7.11 Å². The Bertz CT molecular complexity index is 319. The molecule has 1 rings (SSSR count). The Balaban J connectivity index is 2.61. The molecule has 0 aliphatic heterocycles. The topological polar surface area (TPSA) is 65.0 Å². The van der Waals surface area contributed by atoms with Crippen molar-refractivity contribution in [2.45, 2.75) is 6.29 Å². The summed E-state index contributed by atoms with van der Waals surface area (Å²) in [5, 5.41) is 8.97. The maximum atomic E-state index is 11.1. The zero-order valence-corrected chi connectivity index (χ0v) is 8.47. The highest BCUT2D eigenvalue weighted by Gasteiger charge is 2.16. The molecule has 0 saturated carbocycles. The average molecular weight is 212 g/mol. The molecule has 1 atom stereocenters. The van der Waals surface area contributed by atoms with E-state index in [1.54, 1.807) is 24.3 Å². The molecule has 5 nitrogen and oxygen atoms in total. The van der Waals surface area contributed by atoms with Gasteiger partial charge in [-0.25, -0.2) is 4.79 Å². The highest BCUT2D eigenvalue weighted by atomic mass is 16.6. The summed E-state index contributed by atoms with van der Waals surface area (Å²) in [6.45, 7) is 0. The quantitative estimate of drug-likeness (QED) is 0.449. The van der Waals surface area contributed by atoms with Gasteiger partial charge in [0.2, 0.25) is 0 Å². The fourth-order valence-corrected chi connectivity index (χ4v) is 0.907. The van der Waals surface area contributed by atoms with E-state index < -0.39 is 12.3 Å². The summed E-state index contributed by atoms with van der Waals surface area (Å²) in [4.78, 5) is 11.1. The Morgan fingerprint density at radius 2 is 1.73 bits per heavy atom. The smallest absolute Gasteiger partial charge is 0.368 e. The van der Waals surface area contributed by atoms with E-state index in [1.165, 1.54) is 14.2 Å². The van der Waals surface area contributed by atoms with Gasteiger partial charge in [0, 0.05) is 7.11 Å². The first-order valence-corrected chi connectivity index (χ1v) is 4.24. The van der Waals surface area contributed by atoms with Gasteiger partial charge in [-0.2, -0.15) is 0 Å². The molecular weight excluding hydrogens is 200 g/mol. The molecule has 0 bridgehead atoms. The standard InChI is InChI=1S/C10H12O5/c1-13-7-3-5-8(6-4-7)15-10(12)9(11)14-2/h3-6,9,11H,1-2H3. The Morgan fingerprint density at radius 1 is 1.20 bits per heavy atom. The third-order valence-corrected chi connectivity index (χ3v) is 1.70. The molecule has 15 heavy (non-hydrogen) atoms. The number of carbonyl (C=O) groups is 1. The van der Waals surface area contributed by atoms with Gasteiger partial charge in [0.25, 0.3) is 6.29 Å². The summed E-state index contributed by atoms with van der Waals surface area (Å²) in [7, 11) is 2.75. The molecule has 0 aromatic heterocycles. The predicted molar refractivity (Wildman–Crippen MR) is 51.6 cm³/mol. The van der Waals surface area contributed by atoms with Gasteiger partial charge in [-0.15, -0.1) is 0 Å². The summed E-state index contributed by atoms with van der Waals surface area (Å²) in [5.74, 6) is 0.113. The number of hydrogen-bond donors (Lipinski definition) is 1. The molecule has 0 fully saturated rings. The molecule has 1 aromatic carbocycles. The Labute approximate surface area is 87.2 Å². The Kier molecular flexibility index (Phi) is 4.08. The van der Waals surface area contributed by atoms with E-state index in [9.17, 15) is 4.79 Å². The van der Waals surface area contributed by atoms with Crippen molar-refractivity contribution in [2.75, 3.05) is 14.2 Å². The zero-order chi connectivity index (χ0) is 11.3. The van der Waals surface area contributed by atoms with Gasteiger partial charge < -0.3 is 19.3 Å². The summed E-state index contributed by atoms with van der Waals surface area (Å²) >= 11 is 0. The fraction of sp³-hybridized carbons (Fsp3) is 0.300. The second-order valence-electron chi connectivity index (χ2n) is 2.68. The third kappa shape index (κ3) is 3.23. The normalized spacial score (nSPS) is 11.9. The number of benzene rings is 1.